The molecule has 1 aromatic carbocycles. The lowest BCUT2D eigenvalue weighted by Crippen LogP contribution is -2.48. The molecule has 0 radical (unpaired) electrons. The second kappa shape index (κ2) is 6.86. The van der Waals surface area contributed by atoms with Crippen LogP contribution in [-0.2, 0) is 6.42 Å². The summed E-state index contributed by atoms with van der Waals surface area (Å²) < 4.78 is 0. The number of carbonyl (C=O) groups is 1. The molecule has 1 aromatic rings. The molecule has 110 valence electrons. The summed E-state index contributed by atoms with van der Waals surface area (Å²) in [6.45, 7) is 4.89. The molecule has 1 aliphatic rings. The Kier molecular flexibility index (Phi) is 5.15. The molecule has 0 bridgehead atoms. The lowest BCUT2D eigenvalue weighted by Gasteiger charge is -2.35. The van der Waals surface area contributed by atoms with Crippen LogP contribution in [0.25, 0.3) is 0 Å². The largest absolute Gasteiger partial charge is 0.349 e. The predicted molar refractivity (Wildman–Crippen MR) is 81.7 cm³/mol. The predicted octanol–water partition coefficient (Wildman–Crippen LogP) is 1.26. The Bertz CT molecular complexity index is 461. The van der Waals surface area contributed by atoms with Gasteiger partial charge in [0.15, 0.2) is 0 Å². The highest BCUT2D eigenvalue weighted by Gasteiger charge is 2.25. The number of hydrogen-bond acceptors (Lipinski definition) is 3. The molecule has 20 heavy (non-hydrogen) atoms. The van der Waals surface area contributed by atoms with Gasteiger partial charge in [-0.15, -0.1) is 0 Å². The molecular weight excluding hydrogens is 250 g/mol. The van der Waals surface area contributed by atoms with Gasteiger partial charge in [-0.05, 0) is 56.6 Å². The van der Waals surface area contributed by atoms with Crippen LogP contribution in [0.1, 0.15) is 29.3 Å². The van der Waals surface area contributed by atoms with E-state index in [0.29, 0.717) is 12.5 Å². The van der Waals surface area contributed by atoms with E-state index in [2.05, 4.69) is 24.2 Å². The van der Waals surface area contributed by atoms with Gasteiger partial charge in [0.1, 0.15) is 0 Å². The van der Waals surface area contributed by atoms with Crippen LogP contribution in [-0.4, -0.2) is 43.5 Å². The summed E-state index contributed by atoms with van der Waals surface area (Å²) in [4.78, 5) is 14.7. The van der Waals surface area contributed by atoms with E-state index in [1.807, 2.05) is 24.3 Å². The fourth-order valence-electron chi connectivity index (χ4n) is 2.86. The van der Waals surface area contributed by atoms with Crippen LogP contribution in [0.5, 0.6) is 0 Å². The second-order valence-corrected chi connectivity index (χ2v) is 5.85. The van der Waals surface area contributed by atoms with Crippen molar-refractivity contribution in [1.29, 1.82) is 0 Å². The first kappa shape index (κ1) is 15.0. The Balaban J connectivity index is 1.99. The molecule has 2 rings (SSSR count). The topological polar surface area (TPSA) is 58.4 Å². The van der Waals surface area contributed by atoms with Crippen molar-refractivity contribution in [2.75, 3.05) is 26.7 Å². The molecule has 1 heterocycles. The van der Waals surface area contributed by atoms with Crippen LogP contribution >= 0.6 is 0 Å². The third kappa shape index (κ3) is 3.81. The van der Waals surface area contributed by atoms with Gasteiger partial charge in [0.2, 0.25) is 0 Å². The van der Waals surface area contributed by atoms with Gasteiger partial charge in [-0.3, -0.25) is 4.79 Å². The molecule has 0 spiro atoms. The minimum Gasteiger partial charge on any atom is -0.349 e. The molecule has 4 heteroatoms. The molecule has 4 nitrogen and oxygen atoms in total. The Labute approximate surface area is 121 Å². The van der Waals surface area contributed by atoms with Gasteiger partial charge in [0.25, 0.3) is 5.91 Å². The fourth-order valence-corrected chi connectivity index (χ4v) is 2.86. The number of likely N-dealkylation sites (tertiary alicyclic amines) is 1. The van der Waals surface area contributed by atoms with Crippen molar-refractivity contribution in [3.8, 4) is 0 Å². The highest BCUT2D eigenvalue weighted by atomic mass is 16.1. The Morgan fingerprint density at radius 3 is 3.00 bits per heavy atom. The van der Waals surface area contributed by atoms with Crippen LogP contribution in [0, 0.1) is 5.92 Å². The maximum atomic E-state index is 12.3. The van der Waals surface area contributed by atoms with E-state index in [-0.39, 0.29) is 11.9 Å². The zero-order chi connectivity index (χ0) is 14.5. The quantitative estimate of drug-likeness (QED) is 0.869. The van der Waals surface area contributed by atoms with E-state index in [9.17, 15) is 4.79 Å². The molecule has 1 fully saturated rings. The van der Waals surface area contributed by atoms with E-state index >= 15 is 0 Å². The standard InChI is InChI=1S/C16H25N3O/c1-12-11-19(2)9-7-15(12)18-16(20)14-5-3-4-13(10-14)6-8-17/h3-5,10,12,15H,6-9,11,17H2,1-2H3,(H,18,20). The number of amides is 1. The van der Waals surface area contributed by atoms with E-state index in [0.717, 1.165) is 37.1 Å². The number of hydrogen-bond donors (Lipinski definition) is 2. The maximum absolute atomic E-state index is 12.3. The van der Waals surface area contributed by atoms with Gasteiger partial charge in [0, 0.05) is 18.2 Å². The Morgan fingerprint density at radius 1 is 1.50 bits per heavy atom. The normalized spacial score (nSPS) is 23.6. The summed E-state index contributed by atoms with van der Waals surface area (Å²) in [6.07, 6.45) is 1.83. The molecule has 0 aliphatic carbocycles. The second-order valence-electron chi connectivity index (χ2n) is 5.85. The first-order valence-electron chi connectivity index (χ1n) is 7.38. The highest BCUT2D eigenvalue weighted by molar-refractivity contribution is 5.94. The number of nitrogens with one attached hydrogen (secondary N) is 1. The molecule has 1 amide bonds. The van der Waals surface area contributed by atoms with Gasteiger partial charge >= 0.3 is 0 Å². The number of piperidine rings is 1. The number of nitrogens with zero attached hydrogens (tertiary/aromatic N) is 1. The molecule has 1 saturated heterocycles. The smallest absolute Gasteiger partial charge is 0.251 e. The summed E-state index contributed by atoms with van der Waals surface area (Å²) in [5.41, 5.74) is 7.42. The van der Waals surface area contributed by atoms with Crippen molar-refractivity contribution in [1.82, 2.24) is 10.2 Å². The Morgan fingerprint density at radius 2 is 2.30 bits per heavy atom. The summed E-state index contributed by atoms with van der Waals surface area (Å²) >= 11 is 0. The Hall–Kier alpha value is -1.39. The van der Waals surface area contributed by atoms with Crippen LogP contribution < -0.4 is 11.1 Å². The zero-order valence-electron chi connectivity index (χ0n) is 12.4. The van der Waals surface area contributed by atoms with E-state index in [1.165, 1.54) is 0 Å². The molecule has 3 N–H and O–H groups in total. The lowest BCUT2D eigenvalue weighted by atomic mass is 9.94. The van der Waals surface area contributed by atoms with E-state index < -0.39 is 0 Å². The SMILES string of the molecule is CC1CN(C)CCC1NC(=O)c1cccc(CCN)c1. The number of nitrogens with two attached hydrogens (primary N) is 1. The molecule has 1 aliphatic heterocycles. The van der Waals surface area contributed by atoms with Crippen molar-refractivity contribution in [3.63, 3.8) is 0 Å². The fraction of sp³-hybridized carbons (Fsp3) is 0.562. The first-order valence-corrected chi connectivity index (χ1v) is 7.38. The number of rotatable bonds is 4. The van der Waals surface area contributed by atoms with E-state index in [4.69, 9.17) is 5.73 Å². The van der Waals surface area contributed by atoms with Gasteiger partial charge in [-0.1, -0.05) is 19.1 Å². The average Bonchev–Trinajstić information content (AvgIpc) is 2.42. The summed E-state index contributed by atoms with van der Waals surface area (Å²) in [5.74, 6) is 0.523. The third-order valence-electron chi connectivity index (χ3n) is 4.05. The van der Waals surface area contributed by atoms with Gasteiger partial charge < -0.3 is 16.0 Å². The van der Waals surface area contributed by atoms with Crippen LogP contribution in [0.15, 0.2) is 24.3 Å². The number of benzene rings is 1. The zero-order valence-corrected chi connectivity index (χ0v) is 12.4. The van der Waals surface area contributed by atoms with Crippen molar-refractivity contribution in [2.24, 2.45) is 11.7 Å². The van der Waals surface area contributed by atoms with Crippen LogP contribution in [0.3, 0.4) is 0 Å². The number of carbonyl (C=O) groups excluding carboxylic acids is 1. The summed E-state index contributed by atoms with van der Waals surface area (Å²) in [6, 6.07) is 8.04. The average molecular weight is 275 g/mol. The molecular formula is C16H25N3O. The van der Waals surface area contributed by atoms with Crippen molar-refractivity contribution in [3.05, 3.63) is 35.4 Å². The highest BCUT2D eigenvalue weighted by Crippen LogP contribution is 2.16. The van der Waals surface area contributed by atoms with Crippen molar-refractivity contribution >= 4 is 5.91 Å². The van der Waals surface area contributed by atoms with Crippen molar-refractivity contribution in [2.45, 2.75) is 25.8 Å². The lowest BCUT2D eigenvalue weighted by molar-refractivity contribution is 0.0883. The molecule has 2 unspecified atom stereocenters. The minimum atomic E-state index is 0.0327. The molecule has 0 aromatic heterocycles. The summed E-state index contributed by atoms with van der Waals surface area (Å²) in [5, 5.41) is 3.18. The van der Waals surface area contributed by atoms with Crippen LogP contribution in [0.2, 0.25) is 0 Å². The van der Waals surface area contributed by atoms with Gasteiger partial charge in [-0.25, -0.2) is 0 Å². The van der Waals surface area contributed by atoms with Gasteiger partial charge in [-0.2, -0.15) is 0 Å². The van der Waals surface area contributed by atoms with Crippen molar-refractivity contribution < 1.29 is 4.79 Å². The third-order valence-corrected chi connectivity index (χ3v) is 4.05. The minimum absolute atomic E-state index is 0.0327. The molecule has 2 atom stereocenters. The first-order chi connectivity index (χ1) is 9.60. The molecule has 0 saturated carbocycles. The van der Waals surface area contributed by atoms with Crippen LogP contribution in [0.4, 0.5) is 0 Å². The monoisotopic (exact) mass is 275 g/mol. The summed E-state index contributed by atoms with van der Waals surface area (Å²) in [7, 11) is 2.13. The maximum Gasteiger partial charge on any atom is 0.251 e. The van der Waals surface area contributed by atoms with Gasteiger partial charge in [0.05, 0.1) is 0 Å². The van der Waals surface area contributed by atoms with E-state index in [1.54, 1.807) is 0 Å².